The molecule has 0 bridgehead atoms. The molecule has 2 aromatic heterocycles. The minimum absolute atomic E-state index is 0.0396. The first-order valence-corrected chi connectivity index (χ1v) is 10.3. The number of nitrogens with one attached hydrogen (secondary N) is 1. The number of ether oxygens (including phenoxy) is 1. The van der Waals surface area contributed by atoms with Crippen LogP contribution in [0.5, 0.6) is 5.75 Å². The van der Waals surface area contributed by atoms with Gasteiger partial charge in [-0.1, -0.05) is 12.1 Å². The lowest BCUT2D eigenvalue weighted by Gasteiger charge is -2.08. The molecule has 0 radical (unpaired) electrons. The molecule has 14 nitrogen and oxygen atoms in total. The molecule has 35 heavy (non-hydrogen) atoms. The molecule has 0 aliphatic carbocycles. The number of aromatic nitrogens is 5. The number of rotatable bonds is 9. The fraction of sp³-hybridized carbons (Fsp3) is 0.143. The zero-order valence-electron chi connectivity index (χ0n) is 18.4. The van der Waals surface area contributed by atoms with Crippen LogP contribution in [0.1, 0.15) is 29.4 Å². The Hall–Kier alpha value is -5.14. The molecule has 14 heteroatoms. The van der Waals surface area contributed by atoms with Gasteiger partial charge in [0.2, 0.25) is 11.6 Å². The Bertz CT molecular complexity index is 1360. The van der Waals surface area contributed by atoms with Gasteiger partial charge in [0.15, 0.2) is 5.69 Å². The smallest absolute Gasteiger partial charge is 0.294 e. The number of carbonyl (C=O) groups excluding carboxylic acids is 1. The van der Waals surface area contributed by atoms with E-state index in [2.05, 4.69) is 35.8 Å². The van der Waals surface area contributed by atoms with E-state index in [-0.39, 0.29) is 28.7 Å². The summed E-state index contributed by atoms with van der Waals surface area (Å²) in [5.74, 6) is 0.0242. The maximum Gasteiger partial charge on any atom is 0.294 e. The number of hydrazone groups is 1. The molecule has 2 aromatic carbocycles. The van der Waals surface area contributed by atoms with Gasteiger partial charge in [-0.2, -0.15) is 9.78 Å². The van der Waals surface area contributed by atoms with E-state index >= 15 is 0 Å². The molecule has 4 aromatic rings. The maximum atomic E-state index is 12.9. The minimum Gasteiger partial charge on any atom is -0.494 e. The van der Waals surface area contributed by atoms with Crippen molar-refractivity contribution in [3.8, 4) is 22.8 Å². The third-order valence-electron chi connectivity index (χ3n) is 4.67. The average molecular weight is 477 g/mol. The number of benzene rings is 2. The second-order valence-electron chi connectivity index (χ2n) is 7.09. The van der Waals surface area contributed by atoms with Crippen LogP contribution in [0.4, 0.5) is 11.5 Å². The van der Waals surface area contributed by atoms with Gasteiger partial charge in [-0.15, -0.1) is 5.10 Å². The van der Waals surface area contributed by atoms with Crippen molar-refractivity contribution in [1.82, 2.24) is 30.7 Å². The minimum atomic E-state index is -0.661. The van der Waals surface area contributed by atoms with Crippen LogP contribution in [0.3, 0.4) is 0 Å². The first-order valence-electron chi connectivity index (χ1n) is 10.3. The summed E-state index contributed by atoms with van der Waals surface area (Å²) in [6, 6.07) is 12.6. The van der Waals surface area contributed by atoms with E-state index in [0.29, 0.717) is 23.5 Å². The van der Waals surface area contributed by atoms with Gasteiger partial charge in [-0.3, -0.25) is 14.9 Å². The van der Waals surface area contributed by atoms with E-state index in [9.17, 15) is 14.9 Å². The molecule has 0 saturated carbocycles. The van der Waals surface area contributed by atoms with Crippen LogP contribution in [0.25, 0.3) is 17.1 Å². The van der Waals surface area contributed by atoms with Crippen molar-refractivity contribution in [2.45, 2.75) is 13.3 Å². The van der Waals surface area contributed by atoms with Gasteiger partial charge >= 0.3 is 0 Å². The highest BCUT2D eigenvalue weighted by atomic mass is 16.6. The molecule has 0 atom stereocenters. The molecule has 2 heterocycles. The van der Waals surface area contributed by atoms with E-state index < -0.39 is 10.8 Å². The average Bonchev–Trinajstić information content (AvgIpc) is 3.49. The number of nitrogens with zero attached hydrogens (tertiary/aromatic N) is 7. The SMILES string of the molecule is CCCOc1ccc(-c2c(C(=O)N/N=C\c3ccc([N+](=O)[O-])cc3)nnn2-c2nonc2N)cc1. The lowest BCUT2D eigenvalue weighted by molar-refractivity contribution is -0.384. The summed E-state index contributed by atoms with van der Waals surface area (Å²) in [5, 5.41) is 29.9. The quantitative estimate of drug-likeness (QED) is 0.205. The zero-order chi connectivity index (χ0) is 24.8. The molecular weight excluding hydrogens is 458 g/mol. The summed E-state index contributed by atoms with van der Waals surface area (Å²) < 4.78 is 11.5. The largest absolute Gasteiger partial charge is 0.494 e. The molecule has 0 aliphatic heterocycles. The molecule has 3 N–H and O–H groups in total. The monoisotopic (exact) mass is 477 g/mol. The molecule has 0 aliphatic rings. The molecule has 0 unspecified atom stereocenters. The first-order chi connectivity index (χ1) is 17.0. The van der Waals surface area contributed by atoms with Crippen LogP contribution in [0.2, 0.25) is 0 Å². The standard InChI is InChI=1S/C21H19N9O5/c1-2-11-34-16-9-5-14(6-10-16)18-17(24-28-29(18)20-19(22)26-35-27-20)21(31)25-23-12-13-3-7-15(8-4-13)30(32)33/h3-10,12H,2,11H2,1H3,(H2,22,26)(H,25,31)/b23-12-. The number of non-ortho nitro benzene ring substituents is 1. The van der Waals surface area contributed by atoms with Crippen molar-refractivity contribution >= 4 is 23.6 Å². The van der Waals surface area contributed by atoms with E-state index in [1.807, 2.05) is 6.92 Å². The summed E-state index contributed by atoms with van der Waals surface area (Å²) in [7, 11) is 0. The van der Waals surface area contributed by atoms with Crippen molar-refractivity contribution in [1.29, 1.82) is 0 Å². The Kier molecular flexibility index (Phi) is 6.71. The van der Waals surface area contributed by atoms with Crippen LogP contribution in [-0.4, -0.2) is 49.0 Å². The van der Waals surface area contributed by atoms with Gasteiger partial charge in [-0.05, 0) is 58.7 Å². The van der Waals surface area contributed by atoms with Gasteiger partial charge in [0.05, 0.1) is 17.7 Å². The van der Waals surface area contributed by atoms with Gasteiger partial charge < -0.3 is 10.5 Å². The highest BCUT2D eigenvalue weighted by Crippen LogP contribution is 2.28. The number of anilines is 1. The van der Waals surface area contributed by atoms with Gasteiger partial charge in [0.1, 0.15) is 11.4 Å². The third-order valence-corrected chi connectivity index (χ3v) is 4.67. The fourth-order valence-corrected chi connectivity index (χ4v) is 3.01. The first kappa shape index (κ1) is 23.0. The zero-order valence-corrected chi connectivity index (χ0v) is 18.4. The van der Waals surface area contributed by atoms with Crippen LogP contribution in [0.15, 0.2) is 58.3 Å². The number of nitro benzene ring substituents is 1. The van der Waals surface area contributed by atoms with Crippen LogP contribution in [0, 0.1) is 10.1 Å². The predicted octanol–water partition coefficient (Wildman–Crippen LogP) is 2.36. The number of hydrogen-bond donors (Lipinski definition) is 2. The number of nitrogens with two attached hydrogens (primary N) is 1. The predicted molar refractivity (Wildman–Crippen MR) is 123 cm³/mol. The van der Waals surface area contributed by atoms with Crippen LogP contribution in [-0.2, 0) is 0 Å². The number of amides is 1. The van der Waals surface area contributed by atoms with Crippen LogP contribution >= 0.6 is 0 Å². The van der Waals surface area contributed by atoms with Gasteiger partial charge in [0.25, 0.3) is 11.6 Å². The summed E-state index contributed by atoms with van der Waals surface area (Å²) in [5.41, 5.74) is 9.47. The highest BCUT2D eigenvalue weighted by Gasteiger charge is 2.25. The summed E-state index contributed by atoms with van der Waals surface area (Å²) in [4.78, 5) is 23.2. The van der Waals surface area contributed by atoms with Gasteiger partial charge in [0, 0.05) is 17.7 Å². The van der Waals surface area contributed by atoms with E-state index in [4.69, 9.17) is 10.5 Å². The van der Waals surface area contributed by atoms with Crippen molar-refractivity contribution in [2.24, 2.45) is 5.10 Å². The van der Waals surface area contributed by atoms with Gasteiger partial charge in [-0.25, -0.2) is 10.1 Å². The molecule has 1 amide bonds. The summed E-state index contributed by atoms with van der Waals surface area (Å²) >= 11 is 0. The topological polar surface area (TPSA) is 189 Å². The van der Waals surface area contributed by atoms with Crippen molar-refractivity contribution in [3.05, 3.63) is 69.9 Å². The number of nitrogen functional groups attached to an aromatic ring is 1. The molecule has 4 rings (SSSR count). The Morgan fingerprint density at radius 3 is 2.60 bits per heavy atom. The van der Waals surface area contributed by atoms with Crippen molar-refractivity contribution < 1.29 is 19.1 Å². The Morgan fingerprint density at radius 2 is 1.97 bits per heavy atom. The lowest BCUT2D eigenvalue weighted by atomic mass is 10.1. The molecule has 178 valence electrons. The Morgan fingerprint density at radius 1 is 1.23 bits per heavy atom. The van der Waals surface area contributed by atoms with E-state index in [1.54, 1.807) is 24.3 Å². The second-order valence-corrected chi connectivity index (χ2v) is 7.09. The summed E-state index contributed by atoms with van der Waals surface area (Å²) in [6.45, 7) is 2.57. The maximum absolute atomic E-state index is 12.9. The highest BCUT2D eigenvalue weighted by molar-refractivity contribution is 5.98. The number of nitro groups is 1. The number of hydrogen-bond acceptors (Lipinski definition) is 11. The Labute approximate surface area is 197 Å². The number of carbonyl (C=O) groups is 1. The normalized spacial score (nSPS) is 11.0. The molecule has 0 spiro atoms. The lowest BCUT2D eigenvalue weighted by Crippen LogP contribution is -2.19. The van der Waals surface area contributed by atoms with E-state index in [0.717, 1.165) is 6.42 Å². The summed E-state index contributed by atoms with van der Waals surface area (Å²) in [6.07, 6.45) is 2.20. The fourth-order valence-electron chi connectivity index (χ4n) is 3.01. The van der Waals surface area contributed by atoms with Crippen molar-refractivity contribution in [2.75, 3.05) is 12.3 Å². The second kappa shape index (κ2) is 10.2. The Balaban J connectivity index is 1.61. The van der Waals surface area contributed by atoms with Crippen LogP contribution < -0.4 is 15.9 Å². The van der Waals surface area contributed by atoms with E-state index in [1.165, 1.54) is 35.2 Å². The third kappa shape index (κ3) is 5.11. The molecular formula is C21H19N9O5. The molecule has 0 saturated heterocycles. The van der Waals surface area contributed by atoms with Crippen molar-refractivity contribution in [3.63, 3.8) is 0 Å². The molecule has 0 fully saturated rings.